The van der Waals surface area contributed by atoms with E-state index in [1.54, 1.807) is 0 Å². The quantitative estimate of drug-likeness (QED) is 0.130. The van der Waals surface area contributed by atoms with Crippen molar-refractivity contribution >= 4 is 39.6 Å². The Morgan fingerprint density at radius 3 is 0.667 bits per heavy atom. The number of halogens is 6. The monoisotopic (exact) mass is 428 g/mol. The van der Waals surface area contributed by atoms with E-state index in [0.29, 0.717) is 0 Å². The van der Waals surface area contributed by atoms with Gasteiger partial charge in [0.05, 0.1) is 13.3 Å². The third-order valence-corrected chi connectivity index (χ3v) is 3.77. The molecule has 0 aliphatic rings. The molecule has 0 fully saturated rings. The molecular formula is C17H34Cl3F3Si. The van der Waals surface area contributed by atoms with Gasteiger partial charge in [0.1, 0.15) is 0 Å². The zero-order valence-electron chi connectivity index (χ0n) is 14.8. The average Bonchev–Trinajstić information content (AvgIpc) is 2.49. The second kappa shape index (κ2) is 21.9. The molecule has 0 saturated carbocycles. The third-order valence-electron chi connectivity index (χ3n) is 3.77. The first-order valence-corrected chi connectivity index (χ1v) is 14.2. The van der Waals surface area contributed by atoms with Crippen LogP contribution in [0.2, 0.25) is 0 Å². The second-order valence-electron chi connectivity index (χ2n) is 6.11. The predicted octanol–water partition coefficient (Wildman–Crippen LogP) is 8.88. The molecule has 0 aliphatic heterocycles. The molecule has 0 N–H and O–H groups in total. The lowest BCUT2D eigenvalue weighted by atomic mass is 10.0. The van der Waals surface area contributed by atoms with Crippen molar-refractivity contribution in [1.82, 2.24) is 0 Å². The molecule has 0 aromatic heterocycles. The molecule has 0 unspecified atom stereocenters. The Kier molecular flexibility index (Phi) is 24.7. The zero-order valence-corrected chi connectivity index (χ0v) is 18.1. The van der Waals surface area contributed by atoms with Crippen molar-refractivity contribution in [2.24, 2.45) is 0 Å². The molecule has 0 spiro atoms. The molecule has 0 bridgehead atoms. The Hall–Kier alpha value is 0.877. The number of hydrogen-bond acceptors (Lipinski definition) is 0. The smallest absolute Gasteiger partial charge is 0.253 e. The summed E-state index contributed by atoms with van der Waals surface area (Å²) in [5.41, 5.74) is 0. The average molecular weight is 430 g/mol. The Labute approximate surface area is 162 Å². The summed E-state index contributed by atoms with van der Waals surface area (Å²) in [6, 6.07) is 0. The van der Waals surface area contributed by atoms with E-state index in [9.17, 15) is 12.9 Å². The molecule has 0 atom stereocenters. The van der Waals surface area contributed by atoms with Crippen LogP contribution in [-0.4, -0.2) is 19.7 Å². The van der Waals surface area contributed by atoms with Gasteiger partial charge < -0.3 is 0 Å². The molecule has 0 aromatic carbocycles. The number of hydrogen-bond donors (Lipinski definition) is 0. The van der Waals surface area contributed by atoms with E-state index >= 15 is 0 Å². The highest BCUT2D eigenvalue weighted by Gasteiger charge is 2.23. The van der Waals surface area contributed by atoms with Crippen molar-refractivity contribution in [2.75, 3.05) is 13.3 Å². The fraction of sp³-hybridized carbons (Fsp3) is 1.00. The first kappa shape index (κ1) is 27.1. The van der Waals surface area contributed by atoms with Crippen molar-refractivity contribution in [3.8, 4) is 0 Å². The molecule has 7 heteroatoms. The summed E-state index contributed by atoms with van der Waals surface area (Å²) in [4.78, 5) is 0. The van der Waals surface area contributed by atoms with Crippen molar-refractivity contribution in [1.29, 1.82) is 0 Å². The number of unbranched alkanes of at least 4 members (excludes halogenated alkanes) is 14. The molecule has 0 rings (SSSR count). The molecule has 0 nitrogen and oxygen atoms in total. The van der Waals surface area contributed by atoms with Gasteiger partial charge >= 0.3 is 6.34 Å². The normalized spacial score (nSPS) is 11.2. The topological polar surface area (TPSA) is 0 Å². The van der Waals surface area contributed by atoms with Gasteiger partial charge in [-0.25, -0.2) is 0 Å². The minimum atomic E-state index is -3.69. The lowest BCUT2D eigenvalue weighted by Gasteiger charge is -2.03. The van der Waals surface area contributed by atoms with Crippen LogP contribution in [0, 0.1) is 0 Å². The van der Waals surface area contributed by atoms with E-state index in [1.807, 2.05) is 0 Å². The van der Waals surface area contributed by atoms with E-state index in [1.165, 1.54) is 70.6 Å². The Balaban J connectivity index is 0. The van der Waals surface area contributed by atoms with E-state index in [0.717, 1.165) is 25.7 Å². The molecule has 24 heavy (non-hydrogen) atoms. The fourth-order valence-electron chi connectivity index (χ4n) is 2.49. The zero-order chi connectivity index (χ0) is 18.5. The van der Waals surface area contributed by atoms with Crippen molar-refractivity contribution in [3.63, 3.8) is 0 Å². The van der Waals surface area contributed by atoms with Crippen molar-refractivity contribution in [2.45, 2.75) is 96.3 Å². The maximum absolute atomic E-state index is 11.8. The van der Waals surface area contributed by atoms with Crippen LogP contribution >= 0.6 is 33.2 Å². The molecule has 0 aromatic rings. The van der Waals surface area contributed by atoms with Gasteiger partial charge in [-0.3, -0.25) is 12.9 Å². The third kappa shape index (κ3) is 38.4. The lowest BCUT2D eigenvalue weighted by Crippen LogP contribution is -1.94. The van der Waals surface area contributed by atoms with Crippen LogP contribution in [0.5, 0.6) is 0 Å². The first-order chi connectivity index (χ1) is 11.4. The van der Waals surface area contributed by atoms with Crippen LogP contribution in [0.25, 0.3) is 0 Å². The summed E-state index contributed by atoms with van der Waals surface area (Å²) >= 11 is 13.6. The van der Waals surface area contributed by atoms with Gasteiger partial charge in [0.25, 0.3) is 0 Å². The van der Waals surface area contributed by atoms with Crippen LogP contribution in [0.15, 0.2) is 0 Å². The van der Waals surface area contributed by atoms with Crippen LogP contribution in [0.4, 0.5) is 12.9 Å². The summed E-state index contributed by atoms with van der Waals surface area (Å²) in [7, 11) is 0. The summed E-state index contributed by atoms with van der Waals surface area (Å²) in [5.74, 6) is 0. The van der Waals surface area contributed by atoms with Gasteiger partial charge in [0.2, 0.25) is 0 Å². The van der Waals surface area contributed by atoms with Gasteiger partial charge in [-0.2, -0.15) is 0 Å². The highest BCUT2D eigenvalue weighted by molar-refractivity contribution is 7.61. The number of alkyl halides is 2. The van der Waals surface area contributed by atoms with Crippen LogP contribution in [0.1, 0.15) is 96.3 Å². The maximum atomic E-state index is 11.8. The second-order valence-corrected chi connectivity index (χ2v) is 13.4. The highest BCUT2D eigenvalue weighted by atomic mass is 35.8. The van der Waals surface area contributed by atoms with E-state index in [2.05, 4.69) is 33.2 Å². The molecule has 0 heterocycles. The first-order valence-electron chi connectivity index (χ1n) is 9.29. The standard InChI is InChI=1S/C17H34F2.Cl3FSi/c18-16-14-12-10-8-6-4-2-1-3-5-7-9-11-13-15-17-19;1-5(2,3)4/h1-17H2;. The number of rotatable bonds is 16. The van der Waals surface area contributed by atoms with E-state index in [-0.39, 0.29) is 13.3 Å². The summed E-state index contributed by atoms with van der Waals surface area (Å²) in [6.07, 6.45) is 14.4. The highest BCUT2D eigenvalue weighted by Crippen LogP contribution is 2.19. The fourth-order valence-corrected chi connectivity index (χ4v) is 2.49. The Morgan fingerprint density at radius 2 is 0.542 bits per heavy atom. The summed E-state index contributed by atoms with van der Waals surface area (Å²) < 4.78 is 34.8. The largest absolute Gasteiger partial charge is 0.532 e. The van der Waals surface area contributed by atoms with E-state index < -0.39 is 6.34 Å². The lowest BCUT2D eigenvalue weighted by molar-refractivity contribution is 0.446. The SMILES string of the molecule is FCCCCCCCCCCCCCCCCCF.F[Si](Cl)(Cl)Cl. The molecule has 0 saturated heterocycles. The molecular weight excluding hydrogens is 396 g/mol. The molecule has 0 radical (unpaired) electrons. The van der Waals surface area contributed by atoms with E-state index in [4.69, 9.17) is 0 Å². The predicted molar refractivity (Wildman–Crippen MR) is 106 cm³/mol. The van der Waals surface area contributed by atoms with Gasteiger partial charge in [-0.1, -0.05) is 117 Å². The minimum Gasteiger partial charge on any atom is -0.253 e. The minimum absolute atomic E-state index is 0.145. The van der Waals surface area contributed by atoms with Crippen LogP contribution < -0.4 is 0 Å². The van der Waals surface area contributed by atoms with Gasteiger partial charge in [0.15, 0.2) is 0 Å². The molecule has 148 valence electrons. The van der Waals surface area contributed by atoms with Crippen LogP contribution in [-0.2, 0) is 0 Å². The molecule has 0 aliphatic carbocycles. The van der Waals surface area contributed by atoms with Gasteiger partial charge in [-0.05, 0) is 12.8 Å². The van der Waals surface area contributed by atoms with Crippen molar-refractivity contribution in [3.05, 3.63) is 0 Å². The van der Waals surface area contributed by atoms with Gasteiger partial charge in [-0.15, -0.1) is 0 Å². The Bertz CT molecular complexity index is 208. The van der Waals surface area contributed by atoms with Crippen LogP contribution in [0.3, 0.4) is 0 Å². The Morgan fingerprint density at radius 1 is 0.417 bits per heavy atom. The maximum Gasteiger partial charge on any atom is 0.532 e. The summed E-state index contributed by atoms with van der Waals surface area (Å²) in [6.45, 7) is -0.290. The van der Waals surface area contributed by atoms with Gasteiger partial charge in [0, 0.05) is 0 Å². The molecule has 0 amide bonds. The summed E-state index contributed by atoms with van der Waals surface area (Å²) in [5, 5.41) is 0. The van der Waals surface area contributed by atoms with Crippen molar-refractivity contribution < 1.29 is 12.9 Å².